The molecule has 82 valence electrons. The second kappa shape index (κ2) is 4.75. The zero-order valence-corrected chi connectivity index (χ0v) is 8.76. The Labute approximate surface area is 90.0 Å². The molecular weight excluding hydrogens is 190 g/mol. The lowest BCUT2D eigenvalue weighted by Crippen LogP contribution is -2.37. The Kier molecular flexibility index (Phi) is 3.36. The molecule has 0 fully saturated rings. The van der Waals surface area contributed by atoms with E-state index in [0.29, 0.717) is 6.54 Å². The van der Waals surface area contributed by atoms with E-state index in [1.165, 1.54) is 11.1 Å². The van der Waals surface area contributed by atoms with Gasteiger partial charge in [-0.3, -0.25) is 4.90 Å². The first-order chi connectivity index (χ1) is 7.29. The maximum atomic E-state index is 9.37. The molecular formula is C12H17NO2. The summed E-state index contributed by atoms with van der Waals surface area (Å²) >= 11 is 0. The Morgan fingerprint density at radius 3 is 2.73 bits per heavy atom. The monoisotopic (exact) mass is 207 g/mol. The van der Waals surface area contributed by atoms with Crippen LogP contribution in [0.1, 0.15) is 11.1 Å². The molecule has 0 aromatic heterocycles. The van der Waals surface area contributed by atoms with E-state index >= 15 is 0 Å². The molecule has 15 heavy (non-hydrogen) atoms. The molecule has 1 aliphatic heterocycles. The summed E-state index contributed by atoms with van der Waals surface area (Å²) in [6.07, 6.45) is 0.421. The van der Waals surface area contributed by atoms with Crippen molar-refractivity contribution in [3.8, 4) is 0 Å². The molecule has 3 heteroatoms. The zero-order chi connectivity index (χ0) is 10.7. The van der Waals surface area contributed by atoms with Crippen molar-refractivity contribution < 1.29 is 10.2 Å². The summed E-state index contributed by atoms with van der Waals surface area (Å²) in [7, 11) is 0. The van der Waals surface area contributed by atoms with Gasteiger partial charge in [0, 0.05) is 19.6 Å². The third kappa shape index (κ3) is 2.56. The highest BCUT2D eigenvalue weighted by Gasteiger charge is 2.17. The Bertz CT molecular complexity index is 327. The number of aliphatic hydroxyl groups is 2. The fourth-order valence-electron chi connectivity index (χ4n) is 2.07. The van der Waals surface area contributed by atoms with Gasteiger partial charge in [-0.1, -0.05) is 24.3 Å². The van der Waals surface area contributed by atoms with Gasteiger partial charge in [-0.05, 0) is 17.5 Å². The van der Waals surface area contributed by atoms with Crippen LogP contribution in [-0.4, -0.2) is 40.9 Å². The molecule has 0 aliphatic carbocycles. The molecule has 0 saturated heterocycles. The van der Waals surface area contributed by atoms with Crippen LogP contribution in [0.3, 0.4) is 0 Å². The van der Waals surface area contributed by atoms with Crippen molar-refractivity contribution in [3.05, 3.63) is 35.4 Å². The van der Waals surface area contributed by atoms with Crippen molar-refractivity contribution in [2.45, 2.75) is 19.1 Å². The van der Waals surface area contributed by atoms with Crippen LogP contribution >= 0.6 is 0 Å². The van der Waals surface area contributed by atoms with Crippen LogP contribution < -0.4 is 0 Å². The minimum atomic E-state index is -0.615. The quantitative estimate of drug-likeness (QED) is 0.754. The molecule has 1 atom stereocenters. The first-order valence-corrected chi connectivity index (χ1v) is 5.37. The van der Waals surface area contributed by atoms with Gasteiger partial charge in [-0.2, -0.15) is 0 Å². The highest BCUT2D eigenvalue weighted by atomic mass is 16.3. The smallest absolute Gasteiger partial charge is 0.0897 e. The van der Waals surface area contributed by atoms with Crippen molar-refractivity contribution in [1.29, 1.82) is 0 Å². The minimum absolute atomic E-state index is 0.155. The fourth-order valence-corrected chi connectivity index (χ4v) is 2.07. The lowest BCUT2D eigenvalue weighted by molar-refractivity contribution is 0.0551. The van der Waals surface area contributed by atoms with E-state index in [0.717, 1.165) is 19.5 Å². The van der Waals surface area contributed by atoms with Gasteiger partial charge in [-0.25, -0.2) is 0 Å². The number of fused-ring (bicyclic) bond motifs is 1. The van der Waals surface area contributed by atoms with Gasteiger partial charge in [0.1, 0.15) is 0 Å². The number of hydrogen-bond donors (Lipinski definition) is 2. The summed E-state index contributed by atoms with van der Waals surface area (Å²) in [4.78, 5) is 2.18. The summed E-state index contributed by atoms with van der Waals surface area (Å²) < 4.78 is 0. The van der Waals surface area contributed by atoms with Gasteiger partial charge < -0.3 is 10.2 Å². The van der Waals surface area contributed by atoms with E-state index in [4.69, 9.17) is 5.11 Å². The van der Waals surface area contributed by atoms with Crippen LogP contribution in [-0.2, 0) is 13.0 Å². The number of β-amino-alcohol motifs (C(OH)–C–C–N with tert-alkyl or cyclic N) is 1. The summed E-state index contributed by atoms with van der Waals surface area (Å²) in [5, 5.41) is 18.2. The van der Waals surface area contributed by atoms with E-state index in [9.17, 15) is 5.11 Å². The molecule has 3 nitrogen and oxygen atoms in total. The van der Waals surface area contributed by atoms with Gasteiger partial charge in [0.25, 0.3) is 0 Å². The minimum Gasteiger partial charge on any atom is -0.394 e. The third-order valence-electron chi connectivity index (χ3n) is 2.89. The molecule has 0 spiro atoms. The van der Waals surface area contributed by atoms with E-state index in [1.807, 2.05) is 6.07 Å². The molecule has 0 amide bonds. The van der Waals surface area contributed by atoms with Gasteiger partial charge in [0.05, 0.1) is 12.7 Å². The number of hydrogen-bond acceptors (Lipinski definition) is 3. The summed E-state index contributed by atoms with van der Waals surface area (Å²) in [6.45, 7) is 2.25. The van der Waals surface area contributed by atoms with Crippen molar-refractivity contribution in [1.82, 2.24) is 4.90 Å². The highest BCUT2D eigenvalue weighted by Crippen LogP contribution is 2.18. The number of aliphatic hydroxyl groups excluding tert-OH is 2. The molecule has 0 saturated carbocycles. The summed E-state index contributed by atoms with van der Waals surface area (Å²) in [5.41, 5.74) is 2.75. The second-order valence-electron chi connectivity index (χ2n) is 4.09. The largest absolute Gasteiger partial charge is 0.394 e. The molecule has 0 bridgehead atoms. The zero-order valence-electron chi connectivity index (χ0n) is 8.76. The Hall–Kier alpha value is -0.900. The fraction of sp³-hybridized carbons (Fsp3) is 0.500. The molecule has 1 heterocycles. The SMILES string of the molecule is OCC(O)CN1CCc2ccccc2C1. The van der Waals surface area contributed by atoms with Crippen molar-refractivity contribution in [3.63, 3.8) is 0 Å². The summed E-state index contributed by atoms with van der Waals surface area (Å²) in [6, 6.07) is 8.41. The summed E-state index contributed by atoms with van der Waals surface area (Å²) in [5.74, 6) is 0. The molecule has 1 unspecified atom stereocenters. The Morgan fingerprint density at radius 2 is 2.00 bits per heavy atom. The second-order valence-corrected chi connectivity index (χ2v) is 4.09. The maximum Gasteiger partial charge on any atom is 0.0897 e. The molecule has 1 aliphatic rings. The lowest BCUT2D eigenvalue weighted by Gasteiger charge is -2.29. The molecule has 1 aromatic carbocycles. The Morgan fingerprint density at radius 1 is 1.27 bits per heavy atom. The normalized spacial score (nSPS) is 18.5. The maximum absolute atomic E-state index is 9.37. The van der Waals surface area contributed by atoms with E-state index in [2.05, 4.69) is 23.1 Å². The van der Waals surface area contributed by atoms with Crippen LogP contribution in [0.5, 0.6) is 0 Å². The first-order valence-electron chi connectivity index (χ1n) is 5.37. The number of rotatable bonds is 3. The average Bonchev–Trinajstić information content (AvgIpc) is 2.29. The molecule has 2 rings (SSSR count). The van der Waals surface area contributed by atoms with Crippen LogP contribution in [0.2, 0.25) is 0 Å². The first kappa shape index (κ1) is 10.6. The van der Waals surface area contributed by atoms with Crippen LogP contribution in [0, 0.1) is 0 Å². The molecule has 2 N–H and O–H groups in total. The number of nitrogens with zero attached hydrogens (tertiary/aromatic N) is 1. The van der Waals surface area contributed by atoms with Crippen LogP contribution in [0.4, 0.5) is 0 Å². The Balaban J connectivity index is 1.99. The van der Waals surface area contributed by atoms with Crippen LogP contribution in [0.15, 0.2) is 24.3 Å². The molecule has 1 aromatic rings. The lowest BCUT2D eigenvalue weighted by atomic mass is 10.00. The van der Waals surface area contributed by atoms with E-state index in [1.54, 1.807) is 0 Å². The van der Waals surface area contributed by atoms with Gasteiger partial charge >= 0.3 is 0 Å². The van der Waals surface area contributed by atoms with Crippen molar-refractivity contribution in [2.24, 2.45) is 0 Å². The van der Waals surface area contributed by atoms with Gasteiger partial charge in [0.15, 0.2) is 0 Å². The standard InChI is InChI=1S/C12H17NO2/c14-9-12(15)8-13-6-5-10-3-1-2-4-11(10)7-13/h1-4,12,14-15H,5-9H2. The van der Waals surface area contributed by atoms with Gasteiger partial charge in [-0.15, -0.1) is 0 Å². The van der Waals surface area contributed by atoms with E-state index in [-0.39, 0.29) is 6.61 Å². The van der Waals surface area contributed by atoms with Crippen molar-refractivity contribution >= 4 is 0 Å². The number of benzene rings is 1. The van der Waals surface area contributed by atoms with E-state index < -0.39 is 6.10 Å². The topological polar surface area (TPSA) is 43.7 Å². The van der Waals surface area contributed by atoms with Crippen molar-refractivity contribution in [2.75, 3.05) is 19.7 Å². The predicted molar refractivity (Wildman–Crippen MR) is 58.5 cm³/mol. The van der Waals surface area contributed by atoms with Gasteiger partial charge in [0.2, 0.25) is 0 Å². The van der Waals surface area contributed by atoms with Crippen LogP contribution in [0.25, 0.3) is 0 Å². The molecule has 0 radical (unpaired) electrons. The highest BCUT2D eigenvalue weighted by molar-refractivity contribution is 5.29. The third-order valence-corrected chi connectivity index (χ3v) is 2.89. The predicted octanol–water partition coefficient (Wildman–Crippen LogP) is 0.398. The average molecular weight is 207 g/mol.